The standard InChI is InChI=1S/C11H24OSSi/c1-13-11(12-14(2,3)4)10-8-6-5-7-9-10/h10-11H,5-9H2,1-4H3. The van der Waals surface area contributed by atoms with Gasteiger partial charge in [-0.05, 0) is 44.7 Å². The van der Waals surface area contributed by atoms with E-state index in [1.807, 2.05) is 11.8 Å². The molecule has 84 valence electrons. The fraction of sp³-hybridized carbons (Fsp3) is 1.00. The van der Waals surface area contributed by atoms with Crippen molar-refractivity contribution in [3.8, 4) is 0 Å². The average Bonchev–Trinajstić information content (AvgIpc) is 2.14. The fourth-order valence-corrected chi connectivity index (χ4v) is 4.89. The molecule has 0 N–H and O–H groups in total. The number of thioether (sulfide) groups is 1. The van der Waals surface area contributed by atoms with Crippen molar-refractivity contribution in [2.75, 3.05) is 6.26 Å². The molecule has 1 nitrogen and oxygen atoms in total. The maximum absolute atomic E-state index is 6.23. The van der Waals surface area contributed by atoms with E-state index in [1.54, 1.807) is 0 Å². The van der Waals surface area contributed by atoms with Crippen molar-refractivity contribution in [3.05, 3.63) is 0 Å². The minimum atomic E-state index is -1.35. The normalized spacial score (nSPS) is 22.3. The van der Waals surface area contributed by atoms with Gasteiger partial charge < -0.3 is 4.43 Å². The van der Waals surface area contributed by atoms with Gasteiger partial charge in [-0.3, -0.25) is 0 Å². The van der Waals surface area contributed by atoms with Crippen LogP contribution in [0.5, 0.6) is 0 Å². The van der Waals surface area contributed by atoms with Crippen LogP contribution in [-0.2, 0) is 4.43 Å². The van der Waals surface area contributed by atoms with Gasteiger partial charge in [-0.1, -0.05) is 19.3 Å². The van der Waals surface area contributed by atoms with Gasteiger partial charge in [0.1, 0.15) is 0 Å². The van der Waals surface area contributed by atoms with E-state index in [0.717, 1.165) is 5.92 Å². The molecule has 0 saturated heterocycles. The number of rotatable bonds is 4. The largest absolute Gasteiger partial charge is 0.406 e. The van der Waals surface area contributed by atoms with Crippen LogP contribution in [0.3, 0.4) is 0 Å². The van der Waals surface area contributed by atoms with Crippen LogP contribution in [0.15, 0.2) is 0 Å². The highest BCUT2D eigenvalue weighted by Crippen LogP contribution is 2.33. The lowest BCUT2D eigenvalue weighted by molar-refractivity contribution is 0.174. The molecule has 0 amide bonds. The van der Waals surface area contributed by atoms with E-state index in [9.17, 15) is 0 Å². The van der Waals surface area contributed by atoms with Gasteiger partial charge in [0.2, 0.25) is 0 Å². The van der Waals surface area contributed by atoms with E-state index >= 15 is 0 Å². The van der Waals surface area contributed by atoms with Crippen LogP contribution in [0.4, 0.5) is 0 Å². The Kier molecular flexibility index (Phi) is 5.01. The molecule has 0 aromatic carbocycles. The molecular formula is C11H24OSSi. The molecule has 1 unspecified atom stereocenters. The molecule has 0 bridgehead atoms. The van der Waals surface area contributed by atoms with E-state index in [1.165, 1.54) is 32.1 Å². The van der Waals surface area contributed by atoms with E-state index in [0.29, 0.717) is 5.44 Å². The Morgan fingerprint density at radius 1 is 1.14 bits per heavy atom. The van der Waals surface area contributed by atoms with Gasteiger partial charge in [0.05, 0.1) is 5.44 Å². The summed E-state index contributed by atoms with van der Waals surface area (Å²) in [6.07, 6.45) is 9.23. The average molecular weight is 232 g/mol. The molecule has 1 saturated carbocycles. The van der Waals surface area contributed by atoms with E-state index in [-0.39, 0.29) is 0 Å². The molecule has 1 rings (SSSR count). The maximum Gasteiger partial charge on any atom is 0.185 e. The van der Waals surface area contributed by atoms with Crippen molar-refractivity contribution in [1.82, 2.24) is 0 Å². The SMILES string of the molecule is CSC(O[Si](C)(C)C)C1CCCCC1. The van der Waals surface area contributed by atoms with Crippen LogP contribution in [0.2, 0.25) is 19.6 Å². The topological polar surface area (TPSA) is 9.23 Å². The van der Waals surface area contributed by atoms with Crippen LogP contribution in [0.25, 0.3) is 0 Å². The zero-order valence-corrected chi connectivity index (χ0v) is 11.8. The quantitative estimate of drug-likeness (QED) is 0.533. The fourth-order valence-electron chi connectivity index (χ4n) is 2.09. The summed E-state index contributed by atoms with van der Waals surface area (Å²) < 4.78 is 6.23. The molecular weight excluding hydrogens is 208 g/mol. The molecule has 0 aliphatic heterocycles. The molecule has 0 heterocycles. The van der Waals surface area contributed by atoms with Gasteiger partial charge in [-0.15, -0.1) is 11.8 Å². The van der Waals surface area contributed by atoms with E-state index in [4.69, 9.17) is 4.43 Å². The zero-order valence-electron chi connectivity index (χ0n) is 10.0. The zero-order chi connectivity index (χ0) is 10.6. The first-order valence-corrected chi connectivity index (χ1v) is 10.4. The molecule has 0 radical (unpaired) electrons. The third-order valence-electron chi connectivity index (χ3n) is 2.74. The first-order chi connectivity index (χ1) is 6.53. The molecule has 1 fully saturated rings. The summed E-state index contributed by atoms with van der Waals surface area (Å²) in [5.41, 5.74) is 0.474. The molecule has 1 atom stereocenters. The Bertz CT molecular complexity index is 161. The van der Waals surface area contributed by atoms with Crippen LogP contribution in [0, 0.1) is 5.92 Å². The Hall–Kier alpha value is 0.527. The molecule has 0 aromatic heterocycles. The van der Waals surface area contributed by atoms with Crippen LogP contribution in [0.1, 0.15) is 32.1 Å². The van der Waals surface area contributed by atoms with Gasteiger partial charge in [0, 0.05) is 0 Å². The summed E-state index contributed by atoms with van der Waals surface area (Å²) in [6, 6.07) is 0. The summed E-state index contributed by atoms with van der Waals surface area (Å²) in [4.78, 5) is 0. The summed E-state index contributed by atoms with van der Waals surface area (Å²) in [6.45, 7) is 6.87. The van der Waals surface area contributed by atoms with E-state index < -0.39 is 8.32 Å². The molecule has 0 spiro atoms. The second kappa shape index (κ2) is 5.57. The summed E-state index contributed by atoms with van der Waals surface area (Å²) >= 11 is 1.92. The van der Waals surface area contributed by atoms with Crippen molar-refractivity contribution in [1.29, 1.82) is 0 Å². The second-order valence-electron chi connectivity index (χ2n) is 5.23. The molecule has 1 aliphatic rings. The molecule has 1 aliphatic carbocycles. The van der Waals surface area contributed by atoms with Crippen molar-refractivity contribution in [2.45, 2.75) is 57.2 Å². The van der Waals surface area contributed by atoms with Crippen LogP contribution >= 0.6 is 11.8 Å². The summed E-state index contributed by atoms with van der Waals surface area (Å²) in [5, 5.41) is 0. The third kappa shape index (κ3) is 4.37. The predicted molar refractivity (Wildman–Crippen MR) is 68.3 cm³/mol. The van der Waals surface area contributed by atoms with Gasteiger partial charge in [0.15, 0.2) is 8.32 Å². The van der Waals surface area contributed by atoms with Crippen molar-refractivity contribution >= 4 is 20.1 Å². The Morgan fingerprint density at radius 2 is 1.71 bits per heavy atom. The smallest absolute Gasteiger partial charge is 0.185 e. The highest BCUT2D eigenvalue weighted by atomic mass is 32.2. The van der Waals surface area contributed by atoms with Crippen molar-refractivity contribution < 1.29 is 4.43 Å². The van der Waals surface area contributed by atoms with Gasteiger partial charge >= 0.3 is 0 Å². The first kappa shape index (κ1) is 12.6. The lowest BCUT2D eigenvalue weighted by atomic mass is 9.90. The second-order valence-corrected chi connectivity index (χ2v) is 10.6. The van der Waals surface area contributed by atoms with Crippen LogP contribution in [-0.4, -0.2) is 20.0 Å². The first-order valence-electron chi connectivity index (χ1n) is 5.73. The highest BCUT2D eigenvalue weighted by Gasteiger charge is 2.28. The lowest BCUT2D eigenvalue weighted by Crippen LogP contribution is -2.35. The van der Waals surface area contributed by atoms with Crippen molar-refractivity contribution in [3.63, 3.8) is 0 Å². The monoisotopic (exact) mass is 232 g/mol. The molecule has 3 heteroatoms. The Morgan fingerprint density at radius 3 is 2.14 bits per heavy atom. The van der Waals surface area contributed by atoms with Gasteiger partial charge in [-0.2, -0.15) is 0 Å². The highest BCUT2D eigenvalue weighted by molar-refractivity contribution is 7.99. The van der Waals surface area contributed by atoms with Gasteiger partial charge in [0.25, 0.3) is 0 Å². The maximum atomic E-state index is 6.23. The minimum Gasteiger partial charge on any atom is -0.406 e. The Labute approximate surface area is 94.1 Å². The number of hydrogen-bond donors (Lipinski definition) is 0. The van der Waals surface area contributed by atoms with Gasteiger partial charge in [-0.25, -0.2) is 0 Å². The number of hydrogen-bond acceptors (Lipinski definition) is 2. The van der Waals surface area contributed by atoms with Crippen LogP contribution < -0.4 is 0 Å². The lowest BCUT2D eigenvalue weighted by Gasteiger charge is -2.33. The summed E-state index contributed by atoms with van der Waals surface area (Å²) in [7, 11) is -1.35. The minimum absolute atomic E-state index is 0.474. The Balaban J connectivity index is 2.43. The summed E-state index contributed by atoms with van der Waals surface area (Å²) in [5.74, 6) is 0.825. The predicted octanol–water partition coefficient (Wildman–Crippen LogP) is 4.11. The van der Waals surface area contributed by atoms with Crippen molar-refractivity contribution in [2.24, 2.45) is 5.92 Å². The van der Waals surface area contributed by atoms with E-state index in [2.05, 4.69) is 25.9 Å². The molecule has 14 heavy (non-hydrogen) atoms. The third-order valence-corrected chi connectivity index (χ3v) is 4.81. The molecule has 0 aromatic rings.